The molecule has 0 atom stereocenters. The summed E-state index contributed by atoms with van der Waals surface area (Å²) < 4.78 is 7.81. The molecule has 3 heterocycles. The average molecular weight is 496 g/mol. The molecule has 0 unspecified atom stereocenters. The standard InChI is InChI=1S/C21H12BrClN6O2/c22-12-1-6-17-11(9-12)10-15(21(30)31-17)16-7-8-25-20-18(19(24)28-29(16)20)27-26-14-4-2-13(23)3-5-14/h1-10H,(H2,24,28). The number of azo groups is 1. The zero-order valence-electron chi connectivity index (χ0n) is 15.7. The van der Waals surface area contributed by atoms with Crippen molar-refractivity contribution in [1.82, 2.24) is 14.6 Å². The number of rotatable bonds is 3. The first-order chi connectivity index (χ1) is 15.0. The summed E-state index contributed by atoms with van der Waals surface area (Å²) in [5, 5.41) is 14.1. The van der Waals surface area contributed by atoms with Crippen molar-refractivity contribution in [2.45, 2.75) is 0 Å². The third kappa shape index (κ3) is 3.58. The molecular weight excluding hydrogens is 484 g/mol. The summed E-state index contributed by atoms with van der Waals surface area (Å²) in [4.78, 5) is 17.0. The average Bonchev–Trinajstić information content (AvgIpc) is 3.08. The molecule has 0 aliphatic rings. The van der Waals surface area contributed by atoms with Crippen molar-refractivity contribution >= 4 is 61.3 Å². The van der Waals surface area contributed by atoms with Crippen LogP contribution in [0.2, 0.25) is 5.02 Å². The molecule has 0 amide bonds. The van der Waals surface area contributed by atoms with Crippen molar-refractivity contribution in [3.8, 4) is 11.3 Å². The van der Waals surface area contributed by atoms with Crippen LogP contribution in [0.3, 0.4) is 0 Å². The van der Waals surface area contributed by atoms with Crippen LogP contribution in [0.25, 0.3) is 27.9 Å². The molecule has 0 saturated heterocycles. The first-order valence-corrected chi connectivity index (χ1v) is 10.2. The highest BCUT2D eigenvalue weighted by Crippen LogP contribution is 2.31. The summed E-state index contributed by atoms with van der Waals surface area (Å²) >= 11 is 9.33. The number of halogens is 2. The summed E-state index contributed by atoms with van der Waals surface area (Å²) in [6.07, 6.45) is 1.55. The molecule has 10 heteroatoms. The fraction of sp³-hybridized carbons (Fsp3) is 0. The molecule has 152 valence electrons. The van der Waals surface area contributed by atoms with Crippen LogP contribution in [0, 0.1) is 0 Å². The van der Waals surface area contributed by atoms with E-state index in [2.05, 4.69) is 36.2 Å². The van der Waals surface area contributed by atoms with E-state index in [1.807, 2.05) is 12.1 Å². The number of aromatic nitrogens is 3. The smallest absolute Gasteiger partial charge is 0.345 e. The summed E-state index contributed by atoms with van der Waals surface area (Å²) in [5.74, 6) is 0.130. The molecule has 2 aromatic carbocycles. The lowest BCUT2D eigenvalue weighted by Gasteiger charge is -2.05. The van der Waals surface area contributed by atoms with E-state index < -0.39 is 5.63 Å². The number of nitrogen functional groups attached to an aromatic ring is 1. The molecule has 2 N–H and O–H groups in total. The van der Waals surface area contributed by atoms with E-state index in [0.717, 1.165) is 9.86 Å². The zero-order chi connectivity index (χ0) is 21.5. The lowest BCUT2D eigenvalue weighted by molar-refractivity contribution is 0.562. The van der Waals surface area contributed by atoms with Gasteiger partial charge in [0.25, 0.3) is 0 Å². The largest absolute Gasteiger partial charge is 0.422 e. The van der Waals surface area contributed by atoms with Crippen LogP contribution >= 0.6 is 27.5 Å². The molecule has 3 aromatic heterocycles. The van der Waals surface area contributed by atoms with Gasteiger partial charge in [-0.2, -0.15) is 5.11 Å². The minimum atomic E-state index is -0.499. The van der Waals surface area contributed by atoms with Gasteiger partial charge in [0.05, 0.1) is 16.9 Å². The first kappa shape index (κ1) is 19.4. The maximum atomic E-state index is 12.7. The highest BCUT2D eigenvalue weighted by molar-refractivity contribution is 9.10. The number of anilines is 1. The number of nitrogens with two attached hydrogens (primary N) is 1. The maximum Gasteiger partial charge on any atom is 0.345 e. The Bertz CT molecular complexity index is 1540. The van der Waals surface area contributed by atoms with Crippen LogP contribution in [0.4, 0.5) is 17.2 Å². The van der Waals surface area contributed by atoms with Crippen molar-refractivity contribution < 1.29 is 4.42 Å². The minimum Gasteiger partial charge on any atom is -0.422 e. The lowest BCUT2D eigenvalue weighted by Crippen LogP contribution is -2.07. The number of benzene rings is 2. The third-order valence-electron chi connectivity index (χ3n) is 4.58. The van der Waals surface area contributed by atoms with Gasteiger partial charge in [0.2, 0.25) is 0 Å². The summed E-state index contributed by atoms with van der Waals surface area (Å²) in [6.45, 7) is 0. The minimum absolute atomic E-state index is 0.130. The highest BCUT2D eigenvalue weighted by Gasteiger charge is 2.17. The Balaban J connectivity index is 1.66. The molecule has 5 aromatic rings. The molecule has 0 fully saturated rings. The monoisotopic (exact) mass is 494 g/mol. The predicted octanol–water partition coefficient (Wildman–Crippen LogP) is 5.92. The van der Waals surface area contributed by atoms with E-state index in [0.29, 0.717) is 38.9 Å². The molecule has 0 bridgehead atoms. The van der Waals surface area contributed by atoms with Gasteiger partial charge in [-0.05, 0) is 54.6 Å². The van der Waals surface area contributed by atoms with E-state index in [9.17, 15) is 4.79 Å². The van der Waals surface area contributed by atoms with Crippen molar-refractivity contribution in [2.24, 2.45) is 10.2 Å². The summed E-state index contributed by atoms with van der Waals surface area (Å²) in [5.41, 5.74) is 8.12. The SMILES string of the molecule is Nc1nn2c(-c3cc4cc(Br)ccc4oc3=O)ccnc2c1N=Nc1ccc(Cl)cc1. The quantitative estimate of drug-likeness (QED) is 0.247. The molecule has 0 radical (unpaired) electrons. The van der Waals surface area contributed by atoms with Crippen LogP contribution in [-0.2, 0) is 0 Å². The van der Waals surface area contributed by atoms with Gasteiger partial charge in [0.15, 0.2) is 17.2 Å². The van der Waals surface area contributed by atoms with Crippen LogP contribution in [-0.4, -0.2) is 14.6 Å². The van der Waals surface area contributed by atoms with E-state index in [-0.39, 0.29) is 5.82 Å². The number of hydrogen-bond acceptors (Lipinski definition) is 7. The Morgan fingerprint density at radius 2 is 1.87 bits per heavy atom. The first-order valence-electron chi connectivity index (χ1n) is 9.04. The van der Waals surface area contributed by atoms with E-state index in [1.54, 1.807) is 48.7 Å². The molecule has 0 aliphatic carbocycles. The Labute approximate surface area is 188 Å². The van der Waals surface area contributed by atoms with Gasteiger partial charge < -0.3 is 10.2 Å². The molecule has 0 spiro atoms. The zero-order valence-corrected chi connectivity index (χ0v) is 18.0. The topological polar surface area (TPSA) is 111 Å². The lowest BCUT2D eigenvalue weighted by atomic mass is 10.1. The summed E-state index contributed by atoms with van der Waals surface area (Å²) in [6, 6.07) is 15.7. The van der Waals surface area contributed by atoms with Crippen LogP contribution in [0.5, 0.6) is 0 Å². The number of nitrogens with zero attached hydrogens (tertiary/aromatic N) is 5. The van der Waals surface area contributed by atoms with Crippen molar-refractivity contribution in [3.05, 3.63) is 80.7 Å². The van der Waals surface area contributed by atoms with Gasteiger partial charge in [-0.15, -0.1) is 10.2 Å². The second kappa shape index (κ2) is 7.60. The van der Waals surface area contributed by atoms with Gasteiger partial charge in [-0.25, -0.2) is 14.3 Å². The van der Waals surface area contributed by atoms with Gasteiger partial charge >= 0.3 is 5.63 Å². The second-order valence-corrected chi connectivity index (χ2v) is 7.96. The van der Waals surface area contributed by atoms with Gasteiger partial charge in [-0.1, -0.05) is 27.5 Å². The van der Waals surface area contributed by atoms with Crippen LogP contribution in [0.1, 0.15) is 0 Å². The van der Waals surface area contributed by atoms with Gasteiger partial charge in [0.1, 0.15) is 5.58 Å². The maximum absolute atomic E-state index is 12.7. The Kier molecular flexibility index (Phi) is 4.76. The van der Waals surface area contributed by atoms with Crippen molar-refractivity contribution in [1.29, 1.82) is 0 Å². The molecule has 5 rings (SSSR count). The Morgan fingerprint density at radius 1 is 1.06 bits per heavy atom. The van der Waals surface area contributed by atoms with Crippen molar-refractivity contribution in [3.63, 3.8) is 0 Å². The highest BCUT2D eigenvalue weighted by atomic mass is 79.9. The fourth-order valence-electron chi connectivity index (χ4n) is 3.14. The normalized spacial score (nSPS) is 11.7. The van der Waals surface area contributed by atoms with E-state index in [4.69, 9.17) is 21.8 Å². The summed E-state index contributed by atoms with van der Waals surface area (Å²) in [7, 11) is 0. The number of fused-ring (bicyclic) bond motifs is 2. The Hall–Kier alpha value is -3.56. The predicted molar refractivity (Wildman–Crippen MR) is 122 cm³/mol. The van der Waals surface area contributed by atoms with Gasteiger partial charge in [0, 0.05) is 21.1 Å². The third-order valence-corrected chi connectivity index (χ3v) is 5.33. The van der Waals surface area contributed by atoms with E-state index >= 15 is 0 Å². The molecule has 8 nitrogen and oxygen atoms in total. The van der Waals surface area contributed by atoms with E-state index in [1.165, 1.54) is 4.52 Å². The molecular formula is C21H12BrClN6O2. The van der Waals surface area contributed by atoms with Crippen molar-refractivity contribution in [2.75, 3.05) is 5.73 Å². The second-order valence-electron chi connectivity index (χ2n) is 6.61. The molecule has 0 saturated carbocycles. The fourth-order valence-corrected chi connectivity index (χ4v) is 3.64. The molecule has 0 aliphatic heterocycles. The number of hydrogen-bond donors (Lipinski definition) is 1. The van der Waals surface area contributed by atoms with Crippen LogP contribution in [0.15, 0.2) is 84.7 Å². The Morgan fingerprint density at radius 3 is 2.68 bits per heavy atom. The van der Waals surface area contributed by atoms with Gasteiger partial charge in [-0.3, -0.25) is 0 Å². The molecule has 31 heavy (non-hydrogen) atoms. The van der Waals surface area contributed by atoms with Crippen LogP contribution < -0.4 is 11.4 Å².